The van der Waals surface area contributed by atoms with Gasteiger partial charge in [-0.1, -0.05) is 11.6 Å². The van der Waals surface area contributed by atoms with Gasteiger partial charge in [0.15, 0.2) is 0 Å². The van der Waals surface area contributed by atoms with Crippen LogP contribution in [0.3, 0.4) is 0 Å². The van der Waals surface area contributed by atoms with Crippen LogP contribution in [0.5, 0.6) is 0 Å². The topological polar surface area (TPSA) is 131 Å². The molecule has 1 aliphatic rings. The minimum Gasteiger partial charge on any atom is -0.459 e. The van der Waals surface area contributed by atoms with Crippen LogP contribution in [0.25, 0.3) is 0 Å². The van der Waals surface area contributed by atoms with Crippen molar-refractivity contribution >= 4 is 40.9 Å². The number of aliphatic hydroxyl groups is 2. The lowest BCUT2D eigenvalue weighted by Gasteiger charge is -2.27. The number of hydrogen-bond donors (Lipinski definition) is 2. The van der Waals surface area contributed by atoms with Crippen molar-refractivity contribution in [3.63, 3.8) is 0 Å². The summed E-state index contributed by atoms with van der Waals surface area (Å²) in [5.41, 5.74) is -1.52. The first kappa shape index (κ1) is 24.1. The summed E-state index contributed by atoms with van der Waals surface area (Å²) in [5.74, 6) is -2.68. The van der Waals surface area contributed by atoms with Gasteiger partial charge < -0.3 is 14.9 Å². The predicted molar refractivity (Wildman–Crippen MR) is 115 cm³/mol. The van der Waals surface area contributed by atoms with E-state index in [0.29, 0.717) is 0 Å². The molecule has 0 spiro atoms. The Hall–Kier alpha value is -3.52. The first-order valence-corrected chi connectivity index (χ1v) is 10.0. The molecule has 2 aromatic carbocycles. The molecule has 33 heavy (non-hydrogen) atoms. The number of imide groups is 1. The van der Waals surface area contributed by atoms with E-state index in [9.17, 15) is 23.9 Å². The number of hydrogen-bond acceptors (Lipinski definition) is 7. The van der Waals surface area contributed by atoms with E-state index in [1.165, 1.54) is 38.1 Å². The highest BCUT2D eigenvalue weighted by atomic mass is 35.5. The number of urea groups is 1. The molecule has 3 rings (SSSR count). The maximum atomic E-state index is 14.7. The lowest BCUT2D eigenvalue weighted by molar-refractivity contribution is -0.120. The van der Waals surface area contributed by atoms with Gasteiger partial charge in [0.2, 0.25) is 0 Å². The first-order valence-electron chi connectivity index (χ1n) is 9.67. The van der Waals surface area contributed by atoms with Gasteiger partial charge in [0.05, 0.1) is 28.4 Å². The van der Waals surface area contributed by atoms with Crippen LogP contribution in [0.4, 0.5) is 20.6 Å². The quantitative estimate of drug-likeness (QED) is 0.485. The second-order valence-corrected chi connectivity index (χ2v) is 8.10. The van der Waals surface area contributed by atoms with Crippen LogP contribution >= 0.6 is 11.6 Å². The van der Waals surface area contributed by atoms with Gasteiger partial charge in [-0.15, -0.1) is 0 Å². The van der Waals surface area contributed by atoms with Crippen molar-refractivity contribution in [2.75, 3.05) is 23.0 Å². The van der Waals surface area contributed by atoms with Crippen molar-refractivity contribution in [2.24, 2.45) is 0 Å². The molecule has 1 aliphatic heterocycles. The summed E-state index contributed by atoms with van der Waals surface area (Å²) in [6, 6.07) is 8.50. The molecule has 11 heteroatoms. The Balaban J connectivity index is 1.93. The van der Waals surface area contributed by atoms with Gasteiger partial charge in [-0.2, -0.15) is 5.26 Å². The molecule has 0 saturated carbocycles. The first-order chi connectivity index (χ1) is 15.5. The second-order valence-electron chi connectivity index (χ2n) is 7.69. The molecule has 172 valence electrons. The fourth-order valence-electron chi connectivity index (χ4n) is 3.30. The average molecular weight is 476 g/mol. The minimum absolute atomic E-state index is 0.0186. The Morgan fingerprint density at radius 3 is 2.48 bits per heavy atom. The number of rotatable bonds is 6. The molecule has 1 fully saturated rings. The molecule has 0 unspecified atom stereocenters. The zero-order valence-electron chi connectivity index (χ0n) is 17.6. The van der Waals surface area contributed by atoms with Crippen molar-refractivity contribution < 1.29 is 33.7 Å². The van der Waals surface area contributed by atoms with Crippen molar-refractivity contribution in [3.8, 4) is 6.07 Å². The number of carbonyl (C=O) groups is 3. The smallest absolute Gasteiger partial charge is 0.341 e. The van der Waals surface area contributed by atoms with E-state index in [4.69, 9.17) is 26.7 Å². The zero-order valence-corrected chi connectivity index (χ0v) is 18.3. The van der Waals surface area contributed by atoms with Crippen molar-refractivity contribution in [1.82, 2.24) is 0 Å². The van der Waals surface area contributed by atoms with Gasteiger partial charge >= 0.3 is 12.0 Å². The zero-order chi connectivity index (χ0) is 24.5. The van der Waals surface area contributed by atoms with Crippen LogP contribution in [-0.4, -0.2) is 53.0 Å². The molecule has 1 heterocycles. The number of nitriles is 1. The third-order valence-corrected chi connectivity index (χ3v) is 5.36. The van der Waals surface area contributed by atoms with E-state index < -0.39 is 54.1 Å². The highest BCUT2D eigenvalue weighted by Gasteiger charge is 2.52. The number of carbonyl (C=O) groups excluding carboxylic acids is 3. The molecule has 1 saturated heterocycles. The van der Waals surface area contributed by atoms with Gasteiger partial charge in [0, 0.05) is 5.69 Å². The highest BCUT2D eigenvalue weighted by Crippen LogP contribution is 2.37. The van der Waals surface area contributed by atoms with Crippen molar-refractivity contribution in [1.29, 1.82) is 5.26 Å². The van der Waals surface area contributed by atoms with Crippen LogP contribution in [0.2, 0.25) is 5.02 Å². The predicted octanol–water partition coefficient (Wildman–Crippen LogP) is 2.61. The highest BCUT2D eigenvalue weighted by molar-refractivity contribution is 6.33. The summed E-state index contributed by atoms with van der Waals surface area (Å²) < 4.78 is 19.4. The van der Waals surface area contributed by atoms with Gasteiger partial charge in [0.1, 0.15) is 30.1 Å². The average Bonchev–Trinajstić information content (AvgIpc) is 2.95. The van der Waals surface area contributed by atoms with Crippen LogP contribution in [0.15, 0.2) is 36.4 Å². The van der Waals surface area contributed by atoms with Gasteiger partial charge in [0.25, 0.3) is 5.91 Å². The summed E-state index contributed by atoms with van der Waals surface area (Å²) in [4.78, 5) is 40.3. The number of ether oxygens (including phenoxy) is 1. The van der Waals surface area contributed by atoms with Gasteiger partial charge in [-0.25, -0.2) is 18.9 Å². The number of halogens is 2. The summed E-state index contributed by atoms with van der Waals surface area (Å²) in [7, 11) is 0. The molecule has 1 atom stereocenters. The normalized spacial score (nSPS) is 16.0. The molecule has 0 bridgehead atoms. The maximum absolute atomic E-state index is 14.7. The second kappa shape index (κ2) is 9.15. The molecule has 9 nitrogen and oxygen atoms in total. The van der Waals surface area contributed by atoms with Crippen LogP contribution in [0, 0.1) is 17.1 Å². The van der Waals surface area contributed by atoms with Crippen LogP contribution < -0.4 is 9.80 Å². The summed E-state index contributed by atoms with van der Waals surface area (Å²) in [6.45, 7) is 1.81. The number of nitrogens with zero attached hydrogens (tertiary/aromatic N) is 3. The largest absolute Gasteiger partial charge is 0.459 e. The molecule has 0 radical (unpaired) electrons. The molecule has 2 N–H and O–H groups in total. The molecule has 0 aliphatic carbocycles. The van der Waals surface area contributed by atoms with E-state index in [-0.39, 0.29) is 22.0 Å². The third kappa shape index (κ3) is 4.39. The Labute approximate surface area is 193 Å². The molecular weight excluding hydrogens is 457 g/mol. The van der Waals surface area contributed by atoms with Crippen molar-refractivity contribution in [2.45, 2.75) is 25.5 Å². The number of anilines is 2. The maximum Gasteiger partial charge on any atom is 0.341 e. The van der Waals surface area contributed by atoms with Crippen molar-refractivity contribution in [3.05, 3.63) is 58.4 Å². The van der Waals surface area contributed by atoms with Crippen LogP contribution in [-0.2, 0) is 9.53 Å². The van der Waals surface area contributed by atoms with Crippen LogP contribution in [0.1, 0.15) is 29.8 Å². The lowest BCUT2D eigenvalue weighted by Crippen LogP contribution is -2.44. The van der Waals surface area contributed by atoms with Gasteiger partial charge in [-0.05, 0) is 50.2 Å². The summed E-state index contributed by atoms with van der Waals surface area (Å²) in [6.07, 6.45) is -1.30. The van der Waals surface area contributed by atoms with E-state index in [0.717, 1.165) is 21.9 Å². The van der Waals surface area contributed by atoms with E-state index in [1.54, 1.807) is 0 Å². The SMILES string of the molecule is CC1(C)C(=O)N(c2ccc(C#N)c(Cl)c2)C(=O)N1c1ccc(C(=O)OC[C@@H](O)CO)c(F)c1. The number of amides is 3. The number of esters is 1. The van der Waals surface area contributed by atoms with E-state index in [2.05, 4.69) is 0 Å². The Morgan fingerprint density at radius 1 is 1.24 bits per heavy atom. The third-order valence-electron chi connectivity index (χ3n) is 5.05. The molecule has 2 aromatic rings. The Morgan fingerprint density at radius 2 is 1.91 bits per heavy atom. The number of aliphatic hydroxyl groups excluding tert-OH is 2. The molecular formula is C22H19ClFN3O6. The summed E-state index contributed by atoms with van der Waals surface area (Å²) in [5, 5.41) is 27.1. The fraction of sp³-hybridized carbons (Fsp3) is 0.273. The van der Waals surface area contributed by atoms with E-state index >= 15 is 0 Å². The standard InChI is InChI=1S/C22H19ClFN3O6/c1-22(2)20(31)26(13-4-3-12(9-25)17(23)7-13)21(32)27(22)14-5-6-16(18(24)8-14)19(30)33-11-15(29)10-28/h3-8,15,28-29H,10-11H2,1-2H3/t15-/m0/s1. The fourth-order valence-corrected chi connectivity index (χ4v) is 3.52. The molecule has 3 amide bonds. The number of benzene rings is 2. The Kier molecular flexibility index (Phi) is 6.69. The lowest BCUT2D eigenvalue weighted by atomic mass is 10.0. The molecule has 0 aromatic heterocycles. The Bertz CT molecular complexity index is 1180. The summed E-state index contributed by atoms with van der Waals surface area (Å²) >= 11 is 6.04. The van der Waals surface area contributed by atoms with Gasteiger partial charge in [-0.3, -0.25) is 9.69 Å². The minimum atomic E-state index is -1.41. The monoisotopic (exact) mass is 475 g/mol. The van der Waals surface area contributed by atoms with E-state index in [1.807, 2.05) is 6.07 Å².